The van der Waals surface area contributed by atoms with Gasteiger partial charge in [-0.1, -0.05) is 45.0 Å². The Morgan fingerprint density at radius 3 is 2.19 bits per heavy atom. The molecule has 1 rings (SSSR count). The summed E-state index contributed by atoms with van der Waals surface area (Å²) in [5.74, 6) is -0.886. The molecule has 1 aromatic carbocycles. The van der Waals surface area contributed by atoms with Gasteiger partial charge in [-0.05, 0) is 12.5 Å². The van der Waals surface area contributed by atoms with Gasteiger partial charge in [0.1, 0.15) is 5.84 Å². The number of nitrogens with zero attached hydrogens (tertiary/aromatic N) is 3. The highest BCUT2D eigenvalue weighted by atomic mass is 16.7. The Morgan fingerprint density at radius 1 is 1.15 bits per heavy atom. The molecule has 0 aromatic heterocycles. The lowest BCUT2D eigenvalue weighted by Gasteiger charge is -2.13. The lowest BCUT2D eigenvalue weighted by Crippen LogP contribution is -2.32. The van der Waals surface area contributed by atoms with Crippen LogP contribution in [0.3, 0.4) is 0 Å². The van der Waals surface area contributed by atoms with Gasteiger partial charge in [0.05, 0.1) is 6.42 Å². The number of nitrogens with two attached hydrogens (primary N) is 2. The van der Waals surface area contributed by atoms with Crippen LogP contribution in [0.5, 0.6) is 0 Å². The van der Waals surface area contributed by atoms with Crippen LogP contribution < -0.4 is 11.5 Å². The van der Waals surface area contributed by atoms with Gasteiger partial charge in [-0.3, -0.25) is 9.59 Å². The third kappa shape index (κ3) is 8.04. The number of imide groups is 1. The molecule has 2 amide bonds. The third-order valence-electron chi connectivity index (χ3n) is 2.76. The monoisotopic (exact) mass is 363 g/mol. The smallest absolute Gasteiger partial charge is 0.337 e. The number of hydrogen-bond acceptors (Lipinski definition) is 6. The van der Waals surface area contributed by atoms with Crippen molar-refractivity contribution < 1.29 is 19.2 Å². The summed E-state index contributed by atoms with van der Waals surface area (Å²) in [7, 11) is 0. The van der Waals surface area contributed by atoms with Gasteiger partial charge in [-0.25, -0.2) is 4.79 Å². The van der Waals surface area contributed by atoms with Crippen molar-refractivity contribution in [2.45, 2.75) is 40.5 Å². The Morgan fingerprint density at radius 2 is 1.73 bits per heavy atom. The average molecular weight is 363 g/mol. The van der Waals surface area contributed by atoms with Crippen molar-refractivity contribution in [3.05, 3.63) is 35.4 Å². The highest BCUT2D eigenvalue weighted by Crippen LogP contribution is 2.07. The quantitative estimate of drug-likeness (QED) is 0.336. The highest BCUT2D eigenvalue weighted by molar-refractivity contribution is 5.97. The first-order chi connectivity index (χ1) is 12.4. The standard InChI is InChI=1S/C15H19N5O4.C2H6/c1-3-13(22)20(9-21)24-14(23)8-11-4-6-12(7-5-11)15(17)19-18-10(2)16;1-2/h4-7,9H,3,8H2,1-2H3,(H2,16,18)(H2,17,19);1-2H3. The first-order valence-corrected chi connectivity index (χ1v) is 8.08. The van der Waals surface area contributed by atoms with Gasteiger partial charge in [0.15, 0.2) is 5.84 Å². The minimum Gasteiger partial charge on any atom is -0.386 e. The minimum absolute atomic E-state index is 0.0457. The van der Waals surface area contributed by atoms with E-state index in [1.165, 1.54) is 0 Å². The summed E-state index contributed by atoms with van der Waals surface area (Å²) in [6.45, 7) is 7.13. The summed E-state index contributed by atoms with van der Waals surface area (Å²) < 4.78 is 0. The number of amides is 2. The molecule has 9 heteroatoms. The molecule has 0 saturated heterocycles. The van der Waals surface area contributed by atoms with Crippen molar-refractivity contribution in [1.29, 1.82) is 0 Å². The highest BCUT2D eigenvalue weighted by Gasteiger charge is 2.16. The van der Waals surface area contributed by atoms with Gasteiger partial charge >= 0.3 is 5.97 Å². The molecule has 1 aromatic rings. The molecule has 0 radical (unpaired) electrons. The zero-order chi connectivity index (χ0) is 20.1. The second-order valence-corrected chi connectivity index (χ2v) is 4.74. The van der Waals surface area contributed by atoms with E-state index in [1.807, 2.05) is 13.8 Å². The molecular formula is C17H25N5O4. The first-order valence-electron chi connectivity index (χ1n) is 8.08. The van der Waals surface area contributed by atoms with E-state index in [9.17, 15) is 14.4 Å². The third-order valence-corrected chi connectivity index (χ3v) is 2.76. The number of amidine groups is 2. The van der Waals surface area contributed by atoms with E-state index in [4.69, 9.17) is 16.3 Å². The number of hydrogen-bond donors (Lipinski definition) is 2. The zero-order valence-corrected chi connectivity index (χ0v) is 15.4. The van der Waals surface area contributed by atoms with E-state index in [1.54, 1.807) is 38.1 Å². The molecule has 26 heavy (non-hydrogen) atoms. The fourth-order valence-electron chi connectivity index (χ4n) is 1.58. The molecule has 142 valence electrons. The van der Waals surface area contributed by atoms with E-state index >= 15 is 0 Å². The number of carbonyl (C=O) groups excluding carboxylic acids is 3. The molecule has 0 bridgehead atoms. The van der Waals surface area contributed by atoms with Gasteiger partial charge in [-0.2, -0.15) is 0 Å². The average Bonchev–Trinajstić information content (AvgIpc) is 2.65. The maximum absolute atomic E-state index is 11.7. The zero-order valence-electron chi connectivity index (χ0n) is 15.4. The van der Waals surface area contributed by atoms with Gasteiger partial charge < -0.3 is 16.3 Å². The Kier molecular flexibility index (Phi) is 10.7. The molecular weight excluding hydrogens is 338 g/mol. The summed E-state index contributed by atoms with van der Waals surface area (Å²) >= 11 is 0. The van der Waals surface area contributed by atoms with Crippen LogP contribution in [-0.4, -0.2) is 35.0 Å². The molecule has 0 spiro atoms. The van der Waals surface area contributed by atoms with Crippen molar-refractivity contribution in [2.24, 2.45) is 21.7 Å². The van der Waals surface area contributed by atoms with Crippen LogP contribution in [0.4, 0.5) is 0 Å². The normalized spacial score (nSPS) is 11.1. The van der Waals surface area contributed by atoms with Crippen LogP contribution in [0.15, 0.2) is 34.5 Å². The second kappa shape index (κ2) is 12.2. The molecule has 0 saturated carbocycles. The summed E-state index contributed by atoms with van der Waals surface area (Å²) in [4.78, 5) is 38.5. The van der Waals surface area contributed by atoms with E-state index in [-0.39, 0.29) is 30.9 Å². The van der Waals surface area contributed by atoms with E-state index in [0.29, 0.717) is 16.2 Å². The Bertz CT molecular complexity index is 664. The SMILES string of the molecule is CC.CCC(=O)N(C=O)OC(=O)Cc1ccc(/C(N)=N/N=C(/C)N)cc1. The number of carbonyl (C=O) groups is 3. The lowest BCUT2D eigenvalue weighted by atomic mass is 10.1. The van der Waals surface area contributed by atoms with Crippen molar-refractivity contribution in [1.82, 2.24) is 5.06 Å². The predicted molar refractivity (Wildman–Crippen MR) is 98.8 cm³/mol. The van der Waals surface area contributed by atoms with Gasteiger partial charge in [-0.15, -0.1) is 15.3 Å². The molecule has 0 aliphatic carbocycles. The molecule has 0 fully saturated rings. The Labute approximate surface area is 152 Å². The molecule has 9 nitrogen and oxygen atoms in total. The summed E-state index contributed by atoms with van der Waals surface area (Å²) in [5.41, 5.74) is 12.3. The van der Waals surface area contributed by atoms with Crippen LogP contribution in [0.2, 0.25) is 0 Å². The van der Waals surface area contributed by atoms with Crippen LogP contribution in [-0.2, 0) is 25.6 Å². The number of rotatable bonds is 6. The van der Waals surface area contributed by atoms with E-state index < -0.39 is 11.9 Å². The minimum atomic E-state index is -0.735. The fraction of sp³-hybridized carbons (Fsp3) is 0.353. The molecule has 4 N–H and O–H groups in total. The van der Waals surface area contributed by atoms with Crippen molar-refractivity contribution in [3.63, 3.8) is 0 Å². The molecule has 0 heterocycles. The van der Waals surface area contributed by atoms with E-state index in [0.717, 1.165) is 0 Å². The lowest BCUT2D eigenvalue weighted by molar-refractivity contribution is -0.195. The van der Waals surface area contributed by atoms with Gasteiger partial charge in [0.25, 0.3) is 12.3 Å². The van der Waals surface area contributed by atoms with Crippen LogP contribution in [0, 0.1) is 0 Å². The second-order valence-electron chi connectivity index (χ2n) is 4.74. The molecule has 0 atom stereocenters. The van der Waals surface area contributed by atoms with Gasteiger partial charge in [0.2, 0.25) is 0 Å². The Balaban J connectivity index is 0.00000301. The molecule has 0 aliphatic heterocycles. The van der Waals surface area contributed by atoms with E-state index in [2.05, 4.69) is 10.2 Å². The van der Waals surface area contributed by atoms with Crippen LogP contribution in [0.1, 0.15) is 45.2 Å². The predicted octanol–water partition coefficient (Wildman–Crippen LogP) is 1.11. The number of benzene rings is 1. The van der Waals surface area contributed by atoms with Crippen molar-refractivity contribution in [3.8, 4) is 0 Å². The largest absolute Gasteiger partial charge is 0.386 e. The number of hydroxylamine groups is 2. The first kappa shape index (κ1) is 22.8. The Hall–Kier alpha value is -3.23. The molecule has 0 unspecified atom stereocenters. The maximum atomic E-state index is 11.7. The summed E-state index contributed by atoms with van der Waals surface area (Å²) in [6.07, 6.45) is 0.0900. The van der Waals surface area contributed by atoms with Crippen LogP contribution >= 0.6 is 0 Å². The van der Waals surface area contributed by atoms with Gasteiger partial charge in [0, 0.05) is 12.0 Å². The maximum Gasteiger partial charge on any atom is 0.337 e. The van der Waals surface area contributed by atoms with Crippen LogP contribution in [0.25, 0.3) is 0 Å². The summed E-state index contributed by atoms with van der Waals surface area (Å²) in [6, 6.07) is 6.59. The fourth-order valence-corrected chi connectivity index (χ4v) is 1.58. The van der Waals surface area contributed by atoms with Crippen molar-refractivity contribution >= 4 is 30.0 Å². The van der Waals surface area contributed by atoms with Crippen molar-refractivity contribution in [2.75, 3.05) is 0 Å². The molecule has 0 aliphatic rings. The topological polar surface area (TPSA) is 140 Å². The summed E-state index contributed by atoms with van der Waals surface area (Å²) in [5, 5.41) is 7.78.